The normalized spacial score (nSPS) is 19.3. The zero-order valence-corrected chi connectivity index (χ0v) is 17.2. The summed E-state index contributed by atoms with van der Waals surface area (Å²) in [6.07, 6.45) is 0.856. The summed E-state index contributed by atoms with van der Waals surface area (Å²) in [4.78, 5) is 21.2. The number of rotatable bonds is 2. The summed E-state index contributed by atoms with van der Waals surface area (Å²) < 4.78 is 0. The van der Waals surface area contributed by atoms with E-state index < -0.39 is 0 Å². The van der Waals surface area contributed by atoms with Crippen LogP contribution in [0.1, 0.15) is 35.6 Å². The van der Waals surface area contributed by atoms with E-state index in [1.54, 1.807) is 11.3 Å². The number of halogens is 2. The van der Waals surface area contributed by atoms with Crippen molar-refractivity contribution in [1.29, 1.82) is 0 Å². The standard InChI is InChI=1S/C16H21N3OS2.2ClH/c1-10-13(22-14(18-10)11-5-4-8-21-11)15(20)19-7-6-12(17)16(2,3)9-19;;/h4-5,8,12H,6-7,9,17H2,1-3H3;2*1H. The Kier molecular flexibility index (Phi) is 7.26. The third-order valence-electron chi connectivity index (χ3n) is 4.32. The molecule has 1 amide bonds. The molecule has 1 unspecified atom stereocenters. The molecule has 0 bridgehead atoms. The molecule has 0 aromatic carbocycles. The molecule has 1 saturated heterocycles. The van der Waals surface area contributed by atoms with E-state index in [0.717, 1.165) is 33.4 Å². The highest BCUT2D eigenvalue weighted by Crippen LogP contribution is 2.34. The highest BCUT2D eigenvalue weighted by Gasteiger charge is 2.36. The average molecular weight is 408 g/mol. The first-order chi connectivity index (χ1) is 10.4. The fourth-order valence-corrected chi connectivity index (χ4v) is 4.62. The maximum atomic E-state index is 12.9. The molecule has 8 heteroatoms. The third kappa shape index (κ3) is 4.11. The summed E-state index contributed by atoms with van der Waals surface area (Å²) >= 11 is 3.15. The number of carbonyl (C=O) groups is 1. The van der Waals surface area contributed by atoms with Gasteiger partial charge in [-0.15, -0.1) is 47.5 Å². The van der Waals surface area contributed by atoms with Crippen molar-refractivity contribution < 1.29 is 4.79 Å². The van der Waals surface area contributed by atoms with Crippen LogP contribution < -0.4 is 5.73 Å². The second kappa shape index (κ2) is 8.15. The predicted molar refractivity (Wildman–Crippen MR) is 107 cm³/mol. The number of likely N-dealkylation sites (tertiary alicyclic amines) is 1. The minimum atomic E-state index is -0.0386. The highest BCUT2D eigenvalue weighted by atomic mass is 35.5. The number of hydrogen-bond acceptors (Lipinski definition) is 5. The van der Waals surface area contributed by atoms with E-state index in [2.05, 4.69) is 18.8 Å². The van der Waals surface area contributed by atoms with Gasteiger partial charge in [0.15, 0.2) is 0 Å². The molecule has 0 spiro atoms. The molecule has 2 aromatic heterocycles. The Labute approximate surface area is 163 Å². The zero-order chi connectivity index (χ0) is 15.9. The van der Waals surface area contributed by atoms with Gasteiger partial charge >= 0.3 is 0 Å². The second-order valence-electron chi connectivity index (χ2n) is 6.52. The Bertz CT molecular complexity index is 686. The first kappa shape index (κ1) is 21.4. The SMILES string of the molecule is Cc1nc(-c2cccs2)sc1C(=O)N1CCC(N)C(C)(C)C1.Cl.Cl. The summed E-state index contributed by atoms with van der Waals surface area (Å²) in [7, 11) is 0. The van der Waals surface area contributed by atoms with Gasteiger partial charge in [-0.25, -0.2) is 4.98 Å². The fourth-order valence-electron chi connectivity index (χ4n) is 2.79. The van der Waals surface area contributed by atoms with Crippen molar-refractivity contribution in [1.82, 2.24) is 9.88 Å². The van der Waals surface area contributed by atoms with E-state index in [4.69, 9.17) is 5.73 Å². The quantitative estimate of drug-likeness (QED) is 0.809. The number of nitrogens with two attached hydrogens (primary N) is 1. The van der Waals surface area contributed by atoms with Gasteiger partial charge in [0.05, 0.1) is 10.6 Å². The van der Waals surface area contributed by atoms with Gasteiger partial charge in [0, 0.05) is 19.1 Å². The maximum absolute atomic E-state index is 12.9. The number of thiazole rings is 1. The average Bonchev–Trinajstić information content (AvgIpc) is 3.10. The summed E-state index contributed by atoms with van der Waals surface area (Å²) in [5.74, 6) is 0.0952. The third-order valence-corrected chi connectivity index (χ3v) is 6.51. The van der Waals surface area contributed by atoms with E-state index in [0.29, 0.717) is 6.54 Å². The predicted octanol–water partition coefficient (Wildman–Crippen LogP) is 4.22. The highest BCUT2D eigenvalue weighted by molar-refractivity contribution is 7.22. The zero-order valence-electron chi connectivity index (χ0n) is 13.9. The molecule has 3 rings (SSSR count). The molecular weight excluding hydrogens is 385 g/mol. The number of thiophene rings is 1. The first-order valence-electron chi connectivity index (χ1n) is 7.44. The molecule has 1 fully saturated rings. The molecule has 0 aliphatic carbocycles. The van der Waals surface area contributed by atoms with Crippen LogP contribution in [0.3, 0.4) is 0 Å². The summed E-state index contributed by atoms with van der Waals surface area (Å²) in [6, 6.07) is 4.20. The Morgan fingerprint density at radius 1 is 1.42 bits per heavy atom. The smallest absolute Gasteiger partial charge is 0.265 e. The maximum Gasteiger partial charge on any atom is 0.265 e. The van der Waals surface area contributed by atoms with Crippen molar-refractivity contribution in [2.75, 3.05) is 13.1 Å². The molecule has 3 heterocycles. The van der Waals surface area contributed by atoms with E-state index in [-0.39, 0.29) is 42.2 Å². The van der Waals surface area contributed by atoms with Crippen LogP contribution in [0.4, 0.5) is 0 Å². The van der Waals surface area contributed by atoms with Crippen LogP contribution in [-0.2, 0) is 0 Å². The van der Waals surface area contributed by atoms with Crippen molar-refractivity contribution in [2.24, 2.45) is 11.1 Å². The lowest BCUT2D eigenvalue weighted by atomic mass is 9.79. The van der Waals surface area contributed by atoms with Gasteiger partial charge in [0.2, 0.25) is 0 Å². The van der Waals surface area contributed by atoms with Crippen molar-refractivity contribution >= 4 is 53.4 Å². The number of piperidine rings is 1. The van der Waals surface area contributed by atoms with Crippen LogP contribution >= 0.6 is 47.5 Å². The lowest BCUT2D eigenvalue weighted by molar-refractivity contribution is 0.0536. The van der Waals surface area contributed by atoms with Crippen LogP contribution in [0.15, 0.2) is 17.5 Å². The number of aryl methyl sites for hydroxylation is 1. The van der Waals surface area contributed by atoms with Crippen molar-refractivity contribution in [3.05, 3.63) is 28.1 Å². The lowest BCUT2D eigenvalue weighted by Gasteiger charge is -2.42. The van der Waals surface area contributed by atoms with Crippen molar-refractivity contribution in [3.8, 4) is 9.88 Å². The molecule has 134 valence electrons. The van der Waals surface area contributed by atoms with Crippen LogP contribution in [-0.4, -0.2) is 34.9 Å². The number of nitrogens with zero attached hydrogens (tertiary/aromatic N) is 2. The van der Waals surface area contributed by atoms with Crippen LogP contribution in [0, 0.1) is 12.3 Å². The largest absolute Gasteiger partial charge is 0.337 e. The summed E-state index contributed by atoms with van der Waals surface area (Å²) in [5.41, 5.74) is 6.95. The van der Waals surface area contributed by atoms with Gasteiger partial charge in [0.1, 0.15) is 9.88 Å². The molecule has 0 radical (unpaired) electrons. The fraction of sp³-hybridized carbons (Fsp3) is 0.500. The molecule has 1 aliphatic rings. The van der Waals surface area contributed by atoms with E-state index in [1.165, 1.54) is 11.3 Å². The summed E-state index contributed by atoms with van der Waals surface area (Å²) in [5, 5.41) is 2.96. The lowest BCUT2D eigenvalue weighted by Crippen LogP contribution is -2.53. The number of carbonyl (C=O) groups excluding carboxylic acids is 1. The molecule has 1 aliphatic heterocycles. The van der Waals surface area contributed by atoms with E-state index in [9.17, 15) is 4.79 Å². The first-order valence-corrected chi connectivity index (χ1v) is 9.14. The Hall–Kier alpha value is -0.660. The minimum absolute atomic E-state index is 0. The molecule has 0 saturated carbocycles. The number of aromatic nitrogens is 1. The second-order valence-corrected chi connectivity index (χ2v) is 8.47. The molecular formula is C16H23Cl2N3OS2. The molecule has 2 N–H and O–H groups in total. The van der Waals surface area contributed by atoms with E-state index in [1.807, 2.05) is 29.3 Å². The van der Waals surface area contributed by atoms with Crippen LogP contribution in [0.25, 0.3) is 9.88 Å². The van der Waals surface area contributed by atoms with Gasteiger partial charge < -0.3 is 10.6 Å². The van der Waals surface area contributed by atoms with Gasteiger partial charge in [-0.1, -0.05) is 19.9 Å². The number of hydrogen-bond donors (Lipinski definition) is 1. The Morgan fingerprint density at radius 2 is 2.12 bits per heavy atom. The van der Waals surface area contributed by atoms with Crippen LogP contribution in [0.5, 0.6) is 0 Å². The topological polar surface area (TPSA) is 59.2 Å². The van der Waals surface area contributed by atoms with Gasteiger partial charge in [-0.3, -0.25) is 4.79 Å². The summed E-state index contributed by atoms with van der Waals surface area (Å²) in [6.45, 7) is 7.62. The minimum Gasteiger partial charge on any atom is -0.337 e. The van der Waals surface area contributed by atoms with E-state index >= 15 is 0 Å². The molecule has 1 atom stereocenters. The van der Waals surface area contributed by atoms with Gasteiger partial charge in [0.25, 0.3) is 5.91 Å². The molecule has 2 aromatic rings. The molecule has 24 heavy (non-hydrogen) atoms. The Balaban J connectivity index is 0.00000144. The van der Waals surface area contributed by atoms with Crippen molar-refractivity contribution in [3.63, 3.8) is 0 Å². The Morgan fingerprint density at radius 3 is 2.71 bits per heavy atom. The van der Waals surface area contributed by atoms with Gasteiger partial charge in [-0.2, -0.15) is 0 Å². The van der Waals surface area contributed by atoms with Crippen molar-refractivity contribution in [2.45, 2.75) is 33.2 Å². The van der Waals surface area contributed by atoms with Gasteiger partial charge in [-0.05, 0) is 30.2 Å². The van der Waals surface area contributed by atoms with Crippen LogP contribution in [0.2, 0.25) is 0 Å². The number of amides is 1. The monoisotopic (exact) mass is 407 g/mol. The molecule has 4 nitrogen and oxygen atoms in total.